The molecule has 2 heterocycles. The molecule has 0 bridgehead atoms. The summed E-state index contributed by atoms with van der Waals surface area (Å²) >= 11 is 4.74. The maximum atomic E-state index is 14.0. The van der Waals surface area contributed by atoms with Gasteiger partial charge in [0.15, 0.2) is 4.80 Å². The van der Waals surface area contributed by atoms with Crippen molar-refractivity contribution in [2.45, 2.75) is 46.4 Å². The van der Waals surface area contributed by atoms with Crippen LogP contribution in [0.25, 0.3) is 6.08 Å². The van der Waals surface area contributed by atoms with Crippen molar-refractivity contribution in [2.75, 3.05) is 6.61 Å². The normalized spacial score (nSPS) is 14.9. The Kier molecular flexibility index (Phi) is 9.09. The molecule has 5 rings (SSSR count). The van der Waals surface area contributed by atoms with Gasteiger partial charge in [0.2, 0.25) is 0 Å². The Morgan fingerprint density at radius 1 is 1.05 bits per heavy atom. The maximum absolute atomic E-state index is 14.0. The number of aromatic nitrogens is 1. The number of ether oxygens (including phenoxy) is 3. The molecule has 4 aromatic rings. The van der Waals surface area contributed by atoms with E-state index in [1.165, 1.54) is 11.3 Å². The molecule has 0 spiro atoms. The van der Waals surface area contributed by atoms with Crippen LogP contribution < -0.4 is 24.4 Å². The first-order chi connectivity index (χ1) is 20.2. The Morgan fingerprint density at radius 3 is 2.45 bits per heavy atom. The van der Waals surface area contributed by atoms with Gasteiger partial charge in [-0.1, -0.05) is 69.7 Å². The number of carbonyl (C=O) groups is 1. The van der Waals surface area contributed by atoms with E-state index >= 15 is 0 Å². The third kappa shape index (κ3) is 6.42. The summed E-state index contributed by atoms with van der Waals surface area (Å²) in [6.07, 6.45) is 1.50. The van der Waals surface area contributed by atoms with E-state index < -0.39 is 12.0 Å². The van der Waals surface area contributed by atoms with Crippen LogP contribution in [-0.4, -0.2) is 23.2 Å². The number of nitrogens with zero attached hydrogens (tertiary/aromatic N) is 2. The minimum atomic E-state index is -0.700. The van der Waals surface area contributed by atoms with Gasteiger partial charge < -0.3 is 14.2 Å². The highest BCUT2D eigenvalue weighted by Gasteiger charge is 2.33. The molecular weight excluding hydrogens is 616 g/mol. The third-order valence-corrected chi connectivity index (χ3v) is 8.12. The van der Waals surface area contributed by atoms with Crippen molar-refractivity contribution >= 4 is 39.3 Å². The van der Waals surface area contributed by atoms with Crippen molar-refractivity contribution < 1.29 is 19.0 Å². The van der Waals surface area contributed by atoms with Crippen molar-refractivity contribution in [2.24, 2.45) is 4.99 Å². The zero-order chi connectivity index (χ0) is 29.8. The van der Waals surface area contributed by atoms with Gasteiger partial charge in [0.25, 0.3) is 5.56 Å². The Bertz CT molecular complexity index is 1800. The van der Waals surface area contributed by atoms with E-state index in [1.54, 1.807) is 25.3 Å². The number of allylic oxidation sites excluding steroid dienone is 1. The van der Waals surface area contributed by atoms with E-state index in [0.717, 1.165) is 21.2 Å². The van der Waals surface area contributed by atoms with Crippen molar-refractivity contribution in [3.63, 3.8) is 0 Å². The molecule has 1 aliphatic heterocycles. The lowest BCUT2D eigenvalue weighted by atomic mass is 9.96. The zero-order valence-corrected chi connectivity index (χ0v) is 26.2. The molecule has 1 aliphatic rings. The Morgan fingerprint density at radius 2 is 1.76 bits per heavy atom. The molecule has 0 amide bonds. The summed E-state index contributed by atoms with van der Waals surface area (Å²) in [5.74, 6) is 0.873. The minimum Gasteiger partial charge on any atom is -0.494 e. The summed E-state index contributed by atoms with van der Waals surface area (Å²) in [5.41, 5.74) is 3.17. The van der Waals surface area contributed by atoms with Gasteiger partial charge in [0, 0.05) is 10.0 Å². The van der Waals surface area contributed by atoms with Gasteiger partial charge in [-0.3, -0.25) is 9.36 Å². The first kappa shape index (κ1) is 29.5. The Hall–Kier alpha value is -3.95. The summed E-state index contributed by atoms with van der Waals surface area (Å²) in [7, 11) is 0. The van der Waals surface area contributed by atoms with Gasteiger partial charge in [0.05, 0.1) is 34.6 Å². The highest BCUT2D eigenvalue weighted by Crippen LogP contribution is 2.32. The second kappa shape index (κ2) is 12.9. The molecule has 3 aromatic carbocycles. The third-order valence-electron chi connectivity index (χ3n) is 6.60. The number of hydrogen-bond donors (Lipinski definition) is 0. The summed E-state index contributed by atoms with van der Waals surface area (Å²) < 4.78 is 20.4. The Balaban J connectivity index is 1.58. The number of thiazole rings is 1. The Labute approximate surface area is 256 Å². The minimum absolute atomic E-state index is 0.248. The molecule has 42 heavy (non-hydrogen) atoms. The van der Waals surface area contributed by atoms with E-state index in [9.17, 15) is 9.59 Å². The smallest absolute Gasteiger partial charge is 0.338 e. The first-order valence-electron chi connectivity index (χ1n) is 13.7. The molecule has 0 saturated carbocycles. The number of esters is 1. The first-order valence-corrected chi connectivity index (χ1v) is 15.3. The molecule has 1 atom stereocenters. The molecule has 7 nitrogen and oxygen atoms in total. The highest BCUT2D eigenvalue weighted by molar-refractivity contribution is 9.10. The van der Waals surface area contributed by atoms with Gasteiger partial charge in [-0.05, 0) is 75.2 Å². The molecule has 0 unspecified atom stereocenters. The fraction of sp³-hybridized carbons (Fsp3) is 0.242. The molecule has 1 aromatic heterocycles. The van der Waals surface area contributed by atoms with Crippen LogP contribution in [0, 0.1) is 0 Å². The van der Waals surface area contributed by atoms with Crippen LogP contribution >= 0.6 is 27.3 Å². The van der Waals surface area contributed by atoms with Gasteiger partial charge in [-0.15, -0.1) is 0 Å². The van der Waals surface area contributed by atoms with Crippen molar-refractivity contribution in [3.05, 3.63) is 125 Å². The highest BCUT2D eigenvalue weighted by atomic mass is 79.9. The van der Waals surface area contributed by atoms with Crippen LogP contribution in [0.5, 0.6) is 11.5 Å². The SMILES string of the molecule is CCOc1ccc([C@@H]2C(C(=O)OC(C)C)=C(C)N=c3s/c(=C/c4ccccc4OCc4ccc(Br)cc4)c(=O)n32)cc1. The monoisotopic (exact) mass is 646 g/mol. The van der Waals surface area contributed by atoms with Crippen LogP contribution in [0.15, 0.2) is 98.3 Å². The quantitative estimate of drug-likeness (QED) is 0.211. The van der Waals surface area contributed by atoms with Crippen LogP contribution in [0.3, 0.4) is 0 Å². The molecule has 0 fully saturated rings. The topological polar surface area (TPSA) is 79.1 Å². The lowest BCUT2D eigenvalue weighted by Gasteiger charge is -2.25. The van der Waals surface area contributed by atoms with E-state index in [4.69, 9.17) is 14.2 Å². The number of hydrogen-bond acceptors (Lipinski definition) is 7. The average Bonchev–Trinajstić information content (AvgIpc) is 3.27. The number of fused-ring (bicyclic) bond motifs is 1. The fourth-order valence-electron chi connectivity index (χ4n) is 4.70. The van der Waals surface area contributed by atoms with Gasteiger partial charge in [0.1, 0.15) is 18.1 Å². The number of rotatable bonds is 9. The lowest BCUT2D eigenvalue weighted by Crippen LogP contribution is -2.40. The van der Waals surface area contributed by atoms with Crippen LogP contribution in [0.1, 0.15) is 50.4 Å². The van der Waals surface area contributed by atoms with Crippen LogP contribution in [0.2, 0.25) is 0 Å². The van der Waals surface area contributed by atoms with Crippen LogP contribution in [-0.2, 0) is 16.1 Å². The zero-order valence-electron chi connectivity index (χ0n) is 23.8. The maximum Gasteiger partial charge on any atom is 0.338 e. The van der Waals surface area contributed by atoms with E-state index in [0.29, 0.717) is 45.3 Å². The summed E-state index contributed by atoms with van der Waals surface area (Å²) in [4.78, 5) is 32.6. The predicted molar refractivity (Wildman–Crippen MR) is 168 cm³/mol. The predicted octanol–water partition coefficient (Wildman–Crippen LogP) is 5.93. The lowest BCUT2D eigenvalue weighted by molar-refractivity contribution is -0.143. The van der Waals surface area contributed by atoms with Gasteiger partial charge in [-0.25, -0.2) is 9.79 Å². The average molecular weight is 648 g/mol. The summed E-state index contributed by atoms with van der Waals surface area (Å²) in [6, 6.07) is 22.3. The molecule has 9 heteroatoms. The number of para-hydroxylation sites is 1. The summed E-state index contributed by atoms with van der Waals surface area (Å²) in [6.45, 7) is 8.21. The summed E-state index contributed by atoms with van der Waals surface area (Å²) in [5, 5.41) is 0. The van der Waals surface area contributed by atoms with Crippen molar-refractivity contribution in [1.29, 1.82) is 0 Å². The fourth-order valence-corrected chi connectivity index (χ4v) is 6.00. The largest absolute Gasteiger partial charge is 0.494 e. The molecule has 216 valence electrons. The number of carbonyl (C=O) groups excluding carboxylic acids is 1. The molecule has 0 aliphatic carbocycles. The van der Waals surface area contributed by atoms with Crippen molar-refractivity contribution in [3.8, 4) is 11.5 Å². The van der Waals surface area contributed by atoms with Crippen molar-refractivity contribution in [1.82, 2.24) is 4.57 Å². The van der Waals surface area contributed by atoms with E-state index in [1.807, 2.05) is 85.8 Å². The second-order valence-corrected chi connectivity index (χ2v) is 11.9. The van der Waals surface area contributed by atoms with E-state index in [2.05, 4.69) is 20.9 Å². The van der Waals surface area contributed by atoms with Gasteiger partial charge in [-0.2, -0.15) is 0 Å². The molecule has 0 N–H and O–H groups in total. The molecule has 0 saturated heterocycles. The molecule has 0 radical (unpaired) electrons. The number of halogens is 1. The number of benzene rings is 3. The standard InChI is InChI=1S/C33H31BrN2O5S/c1-5-39-26-16-12-23(13-17-26)30-29(32(38)41-20(2)3)21(4)35-33-36(30)31(37)28(42-33)18-24-8-6-7-9-27(24)40-19-22-10-14-25(34)15-11-22/h6-18,20,30H,5,19H2,1-4H3/b28-18+/t30-/m1/s1. The van der Waals surface area contributed by atoms with Gasteiger partial charge >= 0.3 is 5.97 Å². The molecular formula is C33H31BrN2O5S. The van der Waals surface area contributed by atoms with E-state index in [-0.39, 0.29) is 11.7 Å². The second-order valence-electron chi connectivity index (χ2n) is 9.99. The van der Waals surface area contributed by atoms with Crippen LogP contribution in [0.4, 0.5) is 0 Å².